The summed E-state index contributed by atoms with van der Waals surface area (Å²) in [6, 6.07) is 0. The monoisotopic (exact) mass is 248 g/mol. The van der Waals surface area contributed by atoms with Gasteiger partial charge in [-0.25, -0.2) is 0 Å². The van der Waals surface area contributed by atoms with Crippen molar-refractivity contribution in [3.8, 4) is 0 Å². The molecule has 0 aliphatic heterocycles. The summed E-state index contributed by atoms with van der Waals surface area (Å²) >= 11 is 0. The molecular formula is C12H15Y-. The molecule has 4 bridgehead atoms. The molecule has 3 fully saturated rings. The Balaban J connectivity index is 0.000000562. The first-order chi connectivity index (χ1) is 5.93. The minimum Gasteiger partial charge on any atom is -0.325 e. The van der Waals surface area contributed by atoms with Crippen molar-refractivity contribution < 1.29 is 32.7 Å². The summed E-state index contributed by atoms with van der Waals surface area (Å²) < 4.78 is 0. The third kappa shape index (κ3) is 1.00. The van der Waals surface area contributed by atoms with Crippen LogP contribution in [0.4, 0.5) is 0 Å². The maximum atomic E-state index is 2.63. The van der Waals surface area contributed by atoms with E-state index in [-0.39, 0.29) is 32.7 Å². The van der Waals surface area contributed by atoms with Crippen LogP contribution >= 0.6 is 0 Å². The molecule has 4 rings (SSSR count). The first-order valence-electron chi connectivity index (χ1n) is 5.45. The van der Waals surface area contributed by atoms with Gasteiger partial charge in [0.2, 0.25) is 0 Å². The van der Waals surface area contributed by atoms with E-state index in [1.807, 2.05) is 0 Å². The molecular weight excluding hydrogens is 233 g/mol. The molecule has 0 aromatic rings. The molecule has 13 heavy (non-hydrogen) atoms. The van der Waals surface area contributed by atoms with Crippen molar-refractivity contribution in [1.29, 1.82) is 0 Å². The van der Waals surface area contributed by atoms with Crippen LogP contribution in [0.1, 0.15) is 19.3 Å². The van der Waals surface area contributed by atoms with Gasteiger partial charge in [-0.1, -0.05) is 30.4 Å². The normalized spacial score (nSPS) is 59.7. The van der Waals surface area contributed by atoms with Crippen LogP contribution in [0.15, 0.2) is 12.2 Å². The summed E-state index contributed by atoms with van der Waals surface area (Å²) in [5.41, 5.74) is 0. The maximum Gasteiger partial charge on any atom is 0 e. The molecule has 67 valence electrons. The van der Waals surface area contributed by atoms with Gasteiger partial charge in [-0.15, -0.1) is 0 Å². The molecule has 0 saturated heterocycles. The predicted octanol–water partition coefficient (Wildman–Crippen LogP) is 2.67. The van der Waals surface area contributed by atoms with E-state index >= 15 is 0 Å². The van der Waals surface area contributed by atoms with E-state index in [4.69, 9.17) is 0 Å². The zero-order valence-electron chi connectivity index (χ0n) is 7.89. The largest absolute Gasteiger partial charge is 0.325 e. The second-order valence-corrected chi connectivity index (χ2v) is 5.23. The van der Waals surface area contributed by atoms with Crippen LogP contribution in [0.3, 0.4) is 0 Å². The van der Waals surface area contributed by atoms with Crippen molar-refractivity contribution in [2.75, 3.05) is 0 Å². The molecule has 0 N–H and O–H groups in total. The van der Waals surface area contributed by atoms with Gasteiger partial charge in [-0.3, -0.25) is 0 Å². The Morgan fingerprint density at radius 3 is 2.54 bits per heavy atom. The SMILES string of the molecule is C1=CC2CC1C1C3[CH-]CC(C3)C21.[Y]. The van der Waals surface area contributed by atoms with Crippen molar-refractivity contribution in [3.05, 3.63) is 18.6 Å². The Morgan fingerprint density at radius 1 is 1.00 bits per heavy atom. The molecule has 1 radical (unpaired) electrons. The minimum absolute atomic E-state index is 0. The Bertz CT molecular complexity index is 234. The second kappa shape index (κ2) is 2.92. The summed E-state index contributed by atoms with van der Waals surface area (Å²) in [4.78, 5) is 0. The van der Waals surface area contributed by atoms with Gasteiger partial charge < -0.3 is 6.42 Å². The second-order valence-electron chi connectivity index (χ2n) is 5.23. The van der Waals surface area contributed by atoms with Crippen molar-refractivity contribution in [2.45, 2.75) is 19.3 Å². The van der Waals surface area contributed by atoms with Crippen molar-refractivity contribution in [2.24, 2.45) is 35.5 Å². The van der Waals surface area contributed by atoms with Crippen LogP contribution in [0.5, 0.6) is 0 Å². The summed E-state index contributed by atoms with van der Waals surface area (Å²) in [6.07, 6.45) is 12.2. The van der Waals surface area contributed by atoms with E-state index in [2.05, 4.69) is 18.6 Å². The molecule has 6 atom stereocenters. The standard InChI is InChI=1S/C12H15.Y/c1-2-8-5-7(1)11-9-3-4-10(6-9)12(8)11;/h1-3,7-12H,4-6H2;/q-1;. The first-order valence-corrected chi connectivity index (χ1v) is 5.45. The Morgan fingerprint density at radius 2 is 1.77 bits per heavy atom. The van der Waals surface area contributed by atoms with Gasteiger partial charge in [0, 0.05) is 32.7 Å². The molecule has 0 aromatic heterocycles. The summed E-state index contributed by atoms with van der Waals surface area (Å²) in [5, 5.41) is 0. The smallest absolute Gasteiger partial charge is 0 e. The molecule has 1 heteroatoms. The van der Waals surface area contributed by atoms with E-state index in [1.54, 1.807) is 6.42 Å². The Labute approximate surface area is 105 Å². The third-order valence-corrected chi connectivity index (χ3v) is 4.94. The zero-order chi connectivity index (χ0) is 7.71. The average Bonchev–Trinajstić information content (AvgIpc) is 2.83. The third-order valence-electron chi connectivity index (χ3n) is 4.94. The van der Waals surface area contributed by atoms with Crippen molar-refractivity contribution >= 4 is 0 Å². The molecule has 0 amide bonds. The maximum absolute atomic E-state index is 2.63. The quantitative estimate of drug-likeness (QED) is 0.351. The van der Waals surface area contributed by atoms with Crippen LogP contribution in [0.2, 0.25) is 0 Å². The first kappa shape index (κ1) is 9.10. The predicted molar refractivity (Wildman–Crippen MR) is 48.2 cm³/mol. The molecule has 0 aromatic carbocycles. The van der Waals surface area contributed by atoms with Crippen LogP contribution in [0.25, 0.3) is 0 Å². The molecule has 6 unspecified atom stereocenters. The van der Waals surface area contributed by atoms with Crippen LogP contribution in [-0.4, -0.2) is 0 Å². The average molecular weight is 248 g/mol. The van der Waals surface area contributed by atoms with Crippen LogP contribution in [-0.2, 0) is 32.7 Å². The molecule has 0 spiro atoms. The van der Waals surface area contributed by atoms with E-state index in [1.165, 1.54) is 12.8 Å². The number of fused-ring (bicyclic) bond motifs is 9. The summed E-state index contributed by atoms with van der Waals surface area (Å²) in [7, 11) is 0. The van der Waals surface area contributed by atoms with E-state index < -0.39 is 0 Å². The minimum atomic E-state index is 0. The fourth-order valence-electron chi connectivity index (χ4n) is 4.69. The summed E-state index contributed by atoms with van der Waals surface area (Å²) in [5.74, 6) is 6.34. The van der Waals surface area contributed by atoms with Crippen LogP contribution < -0.4 is 0 Å². The van der Waals surface area contributed by atoms with E-state index in [9.17, 15) is 0 Å². The number of hydrogen-bond acceptors (Lipinski definition) is 0. The zero-order valence-corrected chi connectivity index (χ0v) is 10.7. The van der Waals surface area contributed by atoms with Crippen LogP contribution in [0, 0.1) is 41.9 Å². The Kier molecular flexibility index (Phi) is 2.04. The topological polar surface area (TPSA) is 0 Å². The van der Waals surface area contributed by atoms with Gasteiger partial charge in [0.05, 0.1) is 0 Å². The van der Waals surface area contributed by atoms with E-state index in [0.717, 1.165) is 35.5 Å². The Hall–Kier alpha value is 0.844. The molecule has 0 nitrogen and oxygen atoms in total. The molecule has 3 saturated carbocycles. The van der Waals surface area contributed by atoms with Gasteiger partial charge in [0.15, 0.2) is 0 Å². The van der Waals surface area contributed by atoms with Crippen molar-refractivity contribution in [1.82, 2.24) is 0 Å². The number of rotatable bonds is 0. The van der Waals surface area contributed by atoms with E-state index in [0.29, 0.717) is 0 Å². The fraction of sp³-hybridized carbons (Fsp3) is 0.750. The number of allylic oxidation sites excluding steroid dienone is 2. The summed E-state index contributed by atoms with van der Waals surface area (Å²) in [6.45, 7) is 0. The fourth-order valence-corrected chi connectivity index (χ4v) is 4.69. The van der Waals surface area contributed by atoms with Crippen molar-refractivity contribution in [3.63, 3.8) is 0 Å². The molecule has 4 aliphatic carbocycles. The van der Waals surface area contributed by atoms with Gasteiger partial charge in [-0.05, 0) is 24.2 Å². The van der Waals surface area contributed by atoms with Gasteiger partial charge >= 0.3 is 0 Å². The molecule has 4 aliphatic rings. The number of hydrogen-bond donors (Lipinski definition) is 0. The van der Waals surface area contributed by atoms with Gasteiger partial charge in [0.25, 0.3) is 0 Å². The van der Waals surface area contributed by atoms with Gasteiger partial charge in [0.1, 0.15) is 0 Å². The molecule has 0 heterocycles. The van der Waals surface area contributed by atoms with Gasteiger partial charge in [-0.2, -0.15) is 12.3 Å².